The fourth-order valence-electron chi connectivity index (χ4n) is 2.69. The molecule has 10 heteroatoms. The van der Waals surface area contributed by atoms with E-state index in [4.69, 9.17) is 4.74 Å². The summed E-state index contributed by atoms with van der Waals surface area (Å²) in [6, 6.07) is 3.00. The van der Waals surface area contributed by atoms with E-state index in [0.717, 1.165) is 29.3 Å². The van der Waals surface area contributed by atoms with Crippen molar-refractivity contribution in [2.45, 2.75) is 18.7 Å². The van der Waals surface area contributed by atoms with Crippen LogP contribution in [0.25, 0.3) is 0 Å². The highest BCUT2D eigenvalue weighted by molar-refractivity contribution is 5.94. The van der Waals surface area contributed by atoms with Crippen molar-refractivity contribution >= 4 is 5.91 Å². The highest BCUT2D eigenvalue weighted by Gasteiger charge is 2.33. The molecule has 1 aromatic carbocycles. The fraction of sp³-hybridized carbons (Fsp3) is 0.294. The zero-order valence-electron chi connectivity index (χ0n) is 13.6. The van der Waals surface area contributed by atoms with Gasteiger partial charge in [-0.3, -0.25) is 4.79 Å². The molecule has 0 bridgehead atoms. The first-order valence-corrected chi connectivity index (χ1v) is 7.79. The van der Waals surface area contributed by atoms with Gasteiger partial charge in [0.15, 0.2) is 17.5 Å². The van der Waals surface area contributed by atoms with Gasteiger partial charge in [0.05, 0.1) is 17.7 Å². The number of aromatic nitrogens is 1. The molecular formula is C17H12F6N2O2. The number of ether oxygens (including phenoxy) is 1. The van der Waals surface area contributed by atoms with Gasteiger partial charge in [-0.25, -0.2) is 18.2 Å². The molecule has 0 N–H and O–H groups in total. The number of alkyl halides is 3. The number of hydrogen-bond acceptors (Lipinski definition) is 3. The van der Waals surface area contributed by atoms with E-state index in [1.165, 1.54) is 0 Å². The van der Waals surface area contributed by atoms with Crippen LogP contribution in [0.1, 0.15) is 22.3 Å². The lowest BCUT2D eigenvalue weighted by atomic mass is 10.1. The molecule has 4 nitrogen and oxygen atoms in total. The van der Waals surface area contributed by atoms with E-state index in [9.17, 15) is 31.1 Å². The van der Waals surface area contributed by atoms with Crippen LogP contribution >= 0.6 is 0 Å². The summed E-state index contributed by atoms with van der Waals surface area (Å²) in [6.07, 6.45) is -4.01. The van der Waals surface area contributed by atoms with Crippen molar-refractivity contribution < 1.29 is 35.9 Å². The monoisotopic (exact) mass is 390 g/mol. The predicted octanol–water partition coefficient (Wildman–Crippen LogP) is 3.81. The summed E-state index contributed by atoms with van der Waals surface area (Å²) in [4.78, 5) is 17.1. The first kappa shape index (κ1) is 19.0. The fourth-order valence-corrected chi connectivity index (χ4v) is 2.69. The van der Waals surface area contributed by atoms with E-state index in [2.05, 4.69) is 4.98 Å². The molecule has 0 radical (unpaired) electrons. The minimum atomic E-state index is -4.55. The maximum absolute atomic E-state index is 13.8. The molecule has 1 aromatic heterocycles. The van der Waals surface area contributed by atoms with Crippen molar-refractivity contribution in [3.8, 4) is 5.88 Å². The van der Waals surface area contributed by atoms with Gasteiger partial charge in [-0.15, -0.1) is 0 Å². The number of rotatable bonds is 3. The lowest BCUT2D eigenvalue weighted by Crippen LogP contribution is -2.32. The molecule has 1 saturated heterocycles. The Bertz CT molecular complexity index is 871. The molecule has 27 heavy (non-hydrogen) atoms. The van der Waals surface area contributed by atoms with E-state index in [-0.39, 0.29) is 25.4 Å². The summed E-state index contributed by atoms with van der Waals surface area (Å²) < 4.78 is 83.5. The highest BCUT2D eigenvalue weighted by Crippen LogP contribution is 2.31. The van der Waals surface area contributed by atoms with Crippen LogP contribution in [0.3, 0.4) is 0 Å². The third-order valence-electron chi connectivity index (χ3n) is 4.05. The van der Waals surface area contributed by atoms with Crippen LogP contribution in [-0.4, -0.2) is 35.0 Å². The Morgan fingerprint density at radius 2 is 1.89 bits per heavy atom. The van der Waals surface area contributed by atoms with E-state index in [0.29, 0.717) is 6.07 Å². The molecule has 1 amide bonds. The molecule has 2 aromatic rings. The Morgan fingerprint density at radius 1 is 1.15 bits per heavy atom. The van der Waals surface area contributed by atoms with Gasteiger partial charge in [0.1, 0.15) is 6.10 Å². The molecule has 1 atom stereocenters. The van der Waals surface area contributed by atoms with Crippen LogP contribution in [0.4, 0.5) is 26.3 Å². The van der Waals surface area contributed by atoms with Crippen molar-refractivity contribution in [3.05, 3.63) is 59.0 Å². The van der Waals surface area contributed by atoms with Gasteiger partial charge in [-0.2, -0.15) is 13.2 Å². The molecule has 144 valence electrons. The topological polar surface area (TPSA) is 42.4 Å². The number of amides is 1. The van der Waals surface area contributed by atoms with Gasteiger partial charge in [0, 0.05) is 25.2 Å². The molecule has 3 rings (SSSR count). The Balaban J connectivity index is 1.69. The van der Waals surface area contributed by atoms with E-state index >= 15 is 0 Å². The van der Waals surface area contributed by atoms with Crippen molar-refractivity contribution in [1.82, 2.24) is 9.88 Å². The number of benzene rings is 1. The second kappa shape index (κ2) is 7.09. The average Bonchev–Trinajstić information content (AvgIpc) is 3.07. The van der Waals surface area contributed by atoms with Crippen molar-refractivity contribution in [2.75, 3.05) is 13.1 Å². The number of carbonyl (C=O) groups excluding carboxylic acids is 1. The van der Waals surface area contributed by atoms with Gasteiger partial charge < -0.3 is 9.64 Å². The minimum absolute atomic E-state index is 0.0603. The van der Waals surface area contributed by atoms with E-state index < -0.39 is 46.8 Å². The zero-order chi connectivity index (χ0) is 19.8. The lowest BCUT2D eigenvalue weighted by Gasteiger charge is -2.18. The van der Waals surface area contributed by atoms with Crippen LogP contribution < -0.4 is 4.74 Å². The van der Waals surface area contributed by atoms with Gasteiger partial charge in [0.2, 0.25) is 5.88 Å². The second-order valence-corrected chi connectivity index (χ2v) is 5.88. The molecule has 0 saturated carbocycles. The second-order valence-electron chi connectivity index (χ2n) is 5.88. The summed E-state index contributed by atoms with van der Waals surface area (Å²) in [5, 5.41) is 0. The van der Waals surface area contributed by atoms with Gasteiger partial charge in [-0.1, -0.05) is 0 Å². The lowest BCUT2D eigenvalue weighted by molar-refractivity contribution is -0.137. The molecular weight excluding hydrogens is 378 g/mol. The summed E-state index contributed by atoms with van der Waals surface area (Å²) in [5.74, 6) is -5.88. The number of pyridine rings is 1. The van der Waals surface area contributed by atoms with Crippen molar-refractivity contribution in [2.24, 2.45) is 0 Å². The standard InChI is InChI=1S/C17H12F6N2O2/c18-12-2-1-11(14(19)15(12)20)16(26)25-6-4-10(8-25)27-13-7-9(3-5-24-13)17(21,22)23/h1-3,5,7,10H,4,6,8H2. The molecule has 1 unspecified atom stereocenters. The third kappa shape index (κ3) is 3.99. The van der Waals surface area contributed by atoms with Gasteiger partial charge >= 0.3 is 6.18 Å². The first-order chi connectivity index (χ1) is 12.7. The molecule has 0 spiro atoms. The Labute approximate surface area is 149 Å². The highest BCUT2D eigenvalue weighted by atomic mass is 19.4. The van der Waals surface area contributed by atoms with Crippen LogP contribution in [0, 0.1) is 17.5 Å². The summed E-state index contributed by atoms with van der Waals surface area (Å²) in [5.41, 5.74) is -1.56. The van der Waals surface area contributed by atoms with Crippen LogP contribution in [0.5, 0.6) is 5.88 Å². The van der Waals surface area contributed by atoms with E-state index in [1.54, 1.807) is 0 Å². The smallest absolute Gasteiger partial charge is 0.416 e. The maximum atomic E-state index is 13.8. The summed E-state index contributed by atoms with van der Waals surface area (Å²) >= 11 is 0. The van der Waals surface area contributed by atoms with E-state index in [1.807, 2.05) is 0 Å². The first-order valence-electron chi connectivity index (χ1n) is 7.79. The average molecular weight is 390 g/mol. The van der Waals surface area contributed by atoms with Gasteiger partial charge in [-0.05, 0) is 18.2 Å². The maximum Gasteiger partial charge on any atom is 0.416 e. The quantitative estimate of drug-likeness (QED) is 0.591. The Kier molecular flexibility index (Phi) is 4.99. The molecule has 1 aliphatic rings. The summed E-state index contributed by atoms with van der Waals surface area (Å²) in [7, 11) is 0. The number of nitrogens with zero attached hydrogens (tertiary/aromatic N) is 2. The normalized spacial score (nSPS) is 17.3. The van der Waals surface area contributed by atoms with Gasteiger partial charge in [0.25, 0.3) is 5.91 Å². The third-order valence-corrected chi connectivity index (χ3v) is 4.05. The van der Waals surface area contributed by atoms with Crippen molar-refractivity contribution in [3.63, 3.8) is 0 Å². The number of likely N-dealkylation sites (tertiary alicyclic amines) is 1. The zero-order valence-corrected chi connectivity index (χ0v) is 13.6. The van der Waals surface area contributed by atoms with Crippen LogP contribution in [-0.2, 0) is 6.18 Å². The van der Waals surface area contributed by atoms with Crippen LogP contribution in [0.2, 0.25) is 0 Å². The van der Waals surface area contributed by atoms with Crippen LogP contribution in [0.15, 0.2) is 30.5 Å². The SMILES string of the molecule is O=C(c1ccc(F)c(F)c1F)N1CCC(Oc2cc(C(F)(F)F)ccn2)C1. The predicted molar refractivity (Wildman–Crippen MR) is 80.5 cm³/mol. The summed E-state index contributed by atoms with van der Waals surface area (Å²) in [6.45, 7) is 0.0517. The Morgan fingerprint density at radius 3 is 2.59 bits per heavy atom. The Hall–Kier alpha value is -2.78. The molecule has 2 heterocycles. The number of hydrogen-bond donors (Lipinski definition) is 0. The van der Waals surface area contributed by atoms with Crippen molar-refractivity contribution in [1.29, 1.82) is 0 Å². The number of halogens is 6. The molecule has 1 aliphatic heterocycles. The largest absolute Gasteiger partial charge is 0.472 e. The molecule has 1 fully saturated rings. The minimum Gasteiger partial charge on any atom is -0.472 e. The molecule has 0 aliphatic carbocycles. The number of carbonyl (C=O) groups is 1.